The number of carbonyl (C=O) groups excluding carboxylic acids is 1. The lowest BCUT2D eigenvalue weighted by molar-refractivity contribution is 0.102. The normalized spacial score (nSPS) is 12.7. The van der Waals surface area contributed by atoms with Crippen LogP contribution in [0.3, 0.4) is 0 Å². The Morgan fingerprint density at radius 1 is 1.23 bits per heavy atom. The van der Waals surface area contributed by atoms with E-state index < -0.39 is 23.3 Å². The van der Waals surface area contributed by atoms with Crippen LogP contribution in [0.25, 0.3) is 6.08 Å². The van der Waals surface area contributed by atoms with Gasteiger partial charge in [0.2, 0.25) is 0 Å². The first-order chi connectivity index (χ1) is 14.7. The standard InChI is InChI=1S/C24H27NO6/c1-4-17-8-10-18(11-9-17)13-16(3)22(27)21-19(26)14-20(31-23(21)28)15(2)7-5-6-12-25-24(29)30/h6,8-15,25-26H,4-5,7H2,1-3H3,(H,29,30). The van der Waals surface area contributed by atoms with Crippen molar-refractivity contribution in [3.63, 3.8) is 0 Å². The maximum absolute atomic E-state index is 12.7. The minimum absolute atomic E-state index is 0.217. The molecule has 0 fully saturated rings. The van der Waals surface area contributed by atoms with E-state index in [1.54, 1.807) is 19.1 Å². The molecule has 3 N–H and O–H groups in total. The average Bonchev–Trinajstić information content (AvgIpc) is 2.72. The summed E-state index contributed by atoms with van der Waals surface area (Å²) in [7, 11) is 0. The van der Waals surface area contributed by atoms with Gasteiger partial charge in [-0.05, 0) is 49.0 Å². The second-order valence-corrected chi connectivity index (χ2v) is 7.28. The Labute approximate surface area is 180 Å². The Bertz CT molecular complexity index is 1050. The van der Waals surface area contributed by atoms with E-state index >= 15 is 0 Å². The van der Waals surface area contributed by atoms with Crippen molar-refractivity contribution in [2.45, 2.75) is 46.0 Å². The number of hydrogen-bond acceptors (Lipinski definition) is 5. The van der Waals surface area contributed by atoms with E-state index in [1.807, 2.05) is 31.2 Å². The number of Topliss-reactive ketones (excluding diaryl/α,β-unsaturated/α-hetero) is 1. The molecule has 0 aliphatic heterocycles. The lowest BCUT2D eigenvalue weighted by Gasteiger charge is -2.11. The molecule has 31 heavy (non-hydrogen) atoms. The van der Waals surface area contributed by atoms with Gasteiger partial charge in [0.15, 0.2) is 5.78 Å². The zero-order chi connectivity index (χ0) is 23.0. The minimum Gasteiger partial charge on any atom is -0.507 e. The SMILES string of the molecule is CCc1ccc(C=C(C)C(=O)c2c(O)cc(C(C)CCC=CNC(=O)O)oc2=O)cc1. The van der Waals surface area contributed by atoms with Crippen LogP contribution in [0, 0.1) is 0 Å². The van der Waals surface area contributed by atoms with Gasteiger partial charge in [0, 0.05) is 18.2 Å². The second-order valence-electron chi connectivity index (χ2n) is 7.28. The molecule has 2 aromatic rings. The van der Waals surface area contributed by atoms with Crippen LogP contribution in [0.4, 0.5) is 4.79 Å². The van der Waals surface area contributed by atoms with Gasteiger partial charge in [-0.25, -0.2) is 9.59 Å². The number of hydrogen-bond donors (Lipinski definition) is 3. The van der Waals surface area contributed by atoms with Crippen LogP contribution in [0.15, 0.2) is 57.4 Å². The molecule has 1 amide bonds. The molecule has 2 rings (SSSR count). The number of carbonyl (C=O) groups is 2. The Hall–Kier alpha value is -3.61. The number of ketones is 1. The van der Waals surface area contributed by atoms with Gasteiger partial charge in [-0.2, -0.15) is 0 Å². The maximum atomic E-state index is 12.7. The number of nitrogens with one attached hydrogen (secondary N) is 1. The van der Waals surface area contributed by atoms with Crippen LogP contribution in [0.1, 0.15) is 66.8 Å². The molecule has 0 saturated heterocycles. The lowest BCUT2D eigenvalue weighted by atomic mass is 9.99. The molecule has 0 spiro atoms. The number of allylic oxidation sites excluding steroid dienone is 2. The molecule has 7 nitrogen and oxygen atoms in total. The first-order valence-corrected chi connectivity index (χ1v) is 10.1. The molecule has 0 aliphatic rings. The highest BCUT2D eigenvalue weighted by atomic mass is 16.4. The smallest absolute Gasteiger partial charge is 0.408 e. The van der Waals surface area contributed by atoms with Crippen LogP contribution in [0.2, 0.25) is 0 Å². The van der Waals surface area contributed by atoms with Crippen LogP contribution in [-0.2, 0) is 6.42 Å². The van der Waals surface area contributed by atoms with Crippen molar-refractivity contribution in [2.75, 3.05) is 0 Å². The summed E-state index contributed by atoms with van der Waals surface area (Å²) in [6.07, 6.45) is 5.47. The lowest BCUT2D eigenvalue weighted by Crippen LogP contribution is -2.16. The second kappa shape index (κ2) is 11.0. The van der Waals surface area contributed by atoms with Crippen molar-refractivity contribution in [3.05, 3.63) is 81.1 Å². The van der Waals surface area contributed by atoms with E-state index in [0.29, 0.717) is 18.4 Å². The Morgan fingerprint density at radius 2 is 1.90 bits per heavy atom. The summed E-state index contributed by atoms with van der Waals surface area (Å²) in [5, 5.41) is 21.0. The van der Waals surface area contributed by atoms with E-state index in [9.17, 15) is 19.5 Å². The number of aromatic hydroxyl groups is 1. The van der Waals surface area contributed by atoms with Gasteiger partial charge < -0.3 is 14.6 Å². The number of carboxylic acid groups (broad SMARTS) is 1. The molecule has 1 aromatic heterocycles. The fourth-order valence-electron chi connectivity index (χ4n) is 3.02. The van der Waals surface area contributed by atoms with Crippen LogP contribution >= 0.6 is 0 Å². The number of aryl methyl sites for hydroxylation is 1. The van der Waals surface area contributed by atoms with E-state index in [4.69, 9.17) is 9.52 Å². The zero-order valence-corrected chi connectivity index (χ0v) is 17.8. The summed E-state index contributed by atoms with van der Waals surface area (Å²) >= 11 is 0. The predicted octanol–water partition coefficient (Wildman–Crippen LogP) is 4.86. The maximum Gasteiger partial charge on any atom is 0.408 e. The van der Waals surface area contributed by atoms with E-state index in [-0.39, 0.29) is 17.2 Å². The largest absolute Gasteiger partial charge is 0.507 e. The highest BCUT2D eigenvalue weighted by Crippen LogP contribution is 2.26. The molecule has 164 valence electrons. The fraction of sp³-hybridized carbons (Fsp3) is 0.292. The Balaban J connectivity index is 2.15. The molecular formula is C24H27NO6. The number of amides is 1. The first-order valence-electron chi connectivity index (χ1n) is 10.1. The van der Waals surface area contributed by atoms with Gasteiger partial charge in [-0.15, -0.1) is 0 Å². The van der Waals surface area contributed by atoms with Crippen molar-refractivity contribution in [3.8, 4) is 5.75 Å². The minimum atomic E-state index is -1.15. The molecule has 0 aliphatic carbocycles. The van der Waals surface area contributed by atoms with E-state index in [1.165, 1.54) is 17.8 Å². The van der Waals surface area contributed by atoms with Crippen LogP contribution in [0.5, 0.6) is 5.75 Å². The molecule has 0 bridgehead atoms. The molecule has 1 atom stereocenters. The third-order valence-electron chi connectivity index (χ3n) is 4.88. The topological polar surface area (TPSA) is 117 Å². The van der Waals surface area contributed by atoms with Crippen LogP contribution < -0.4 is 10.9 Å². The predicted molar refractivity (Wildman–Crippen MR) is 118 cm³/mol. The molecule has 0 radical (unpaired) electrons. The summed E-state index contributed by atoms with van der Waals surface area (Å²) in [4.78, 5) is 35.6. The van der Waals surface area contributed by atoms with Crippen molar-refractivity contribution >= 4 is 18.0 Å². The van der Waals surface area contributed by atoms with Gasteiger partial charge in [-0.1, -0.05) is 44.2 Å². The number of benzene rings is 1. The summed E-state index contributed by atoms with van der Waals surface area (Å²) in [5.74, 6) is -0.964. The van der Waals surface area contributed by atoms with E-state index in [0.717, 1.165) is 12.0 Å². The number of rotatable bonds is 9. The zero-order valence-electron chi connectivity index (χ0n) is 17.8. The summed E-state index contributed by atoms with van der Waals surface area (Å²) in [6, 6.07) is 9.02. The van der Waals surface area contributed by atoms with Gasteiger partial charge >= 0.3 is 11.7 Å². The van der Waals surface area contributed by atoms with Gasteiger partial charge in [0.25, 0.3) is 0 Å². The monoisotopic (exact) mass is 425 g/mol. The quantitative estimate of drug-likeness (QED) is 0.390. The first kappa shape index (κ1) is 23.7. The highest BCUT2D eigenvalue weighted by Gasteiger charge is 2.22. The van der Waals surface area contributed by atoms with Crippen molar-refractivity contribution in [1.29, 1.82) is 0 Å². The van der Waals surface area contributed by atoms with Crippen molar-refractivity contribution in [1.82, 2.24) is 5.32 Å². The Kier molecular flexibility index (Phi) is 8.37. The van der Waals surface area contributed by atoms with Crippen molar-refractivity contribution in [2.24, 2.45) is 0 Å². The molecule has 7 heteroatoms. The van der Waals surface area contributed by atoms with Crippen LogP contribution in [-0.4, -0.2) is 22.1 Å². The summed E-state index contributed by atoms with van der Waals surface area (Å²) < 4.78 is 5.30. The molecule has 0 saturated carbocycles. The third kappa shape index (κ3) is 6.70. The highest BCUT2D eigenvalue weighted by molar-refractivity contribution is 6.12. The molecule has 1 heterocycles. The van der Waals surface area contributed by atoms with Crippen molar-refractivity contribution < 1.29 is 24.2 Å². The molecule has 1 aromatic carbocycles. The van der Waals surface area contributed by atoms with Gasteiger partial charge in [0.1, 0.15) is 17.1 Å². The molecule has 1 unspecified atom stereocenters. The van der Waals surface area contributed by atoms with Gasteiger partial charge in [-0.3, -0.25) is 10.1 Å². The summed E-state index contributed by atoms with van der Waals surface area (Å²) in [6.45, 7) is 5.45. The summed E-state index contributed by atoms with van der Waals surface area (Å²) in [5.41, 5.74) is 1.04. The Morgan fingerprint density at radius 3 is 2.48 bits per heavy atom. The average molecular weight is 425 g/mol. The fourth-order valence-corrected chi connectivity index (χ4v) is 3.02. The van der Waals surface area contributed by atoms with E-state index in [2.05, 4.69) is 12.2 Å². The molecular weight excluding hydrogens is 398 g/mol. The van der Waals surface area contributed by atoms with Gasteiger partial charge in [0.05, 0.1) is 0 Å². The third-order valence-corrected chi connectivity index (χ3v) is 4.88.